The highest BCUT2D eigenvalue weighted by molar-refractivity contribution is 5.80. The standard InChI is InChI=1S/C15H16N4O/c1-15(2,3)12-10(9-4-6-16-7-5-9)8-11-13(18-12)19-14(20)17-11/h4-8H,1-3H3,(H2,17,18,19,20). The molecular formula is C15H16N4O. The van der Waals surface area contributed by atoms with E-state index in [1.165, 1.54) is 0 Å². The summed E-state index contributed by atoms with van der Waals surface area (Å²) in [6.45, 7) is 6.32. The van der Waals surface area contributed by atoms with Crippen molar-refractivity contribution in [2.24, 2.45) is 0 Å². The Morgan fingerprint density at radius 1 is 1.10 bits per heavy atom. The van der Waals surface area contributed by atoms with E-state index in [9.17, 15) is 4.79 Å². The first-order chi connectivity index (χ1) is 9.45. The van der Waals surface area contributed by atoms with Gasteiger partial charge < -0.3 is 4.98 Å². The van der Waals surface area contributed by atoms with Gasteiger partial charge in [0, 0.05) is 23.4 Å². The number of nitrogens with one attached hydrogen (secondary N) is 2. The average Bonchev–Trinajstić information content (AvgIpc) is 2.76. The number of hydrogen-bond acceptors (Lipinski definition) is 3. The molecule has 0 saturated heterocycles. The van der Waals surface area contributed by atoms with Crippen LogP contribution in [0, 0.1) is 0 Å². The molecule has 0 saturated carbocycles. The lowest BCUT2D eigenvalue weighted by atomic mass is 9.86. The summed E-state index contributed by atoms with van der Waals surface area (Å²) in [7, 11) is 0. The maximum absolute atomic E-state index is 11.4. The molecule has 0 aromatic carbocycles. The number of H-pyrrole nitrogens is 2. The van der Waals surface area contributed by atoms with Crippen molar-refractivity contribution >= 4 is 11.2 Å². The summed E-state index contributed by atoms with van der Waals surface area (Å²) in [5, 5.41) is 0. The smallest absolute Gasteiger partial charge is 0.304 e. The van der Waals surface area contributed by atoms with Gasteiger partial charge in [0.1, 0.15) is 0 Å². The molecule has 0 aliphatic rings. The van der Waals surface area contributed by atoms with E-state index in [2.05, 4.69) is 40.7 Å². The first kappa shape index (κ1) is 12.6. The Morgan fingerprint density at radius 3 is 2.45 bits per heavy atom. The lowest BCUT2D eigenvalue weighted by Gasteiger charge is -2.21. The Bertz CT molecular complexity index is 809. The largest absolute Gasteiger partial charge is 0.325 e. The molecule has 3 aromatic rings. The molecule has 0 aliphatic heterocycles. The summed E-state index contributed by atoms with van der Waals surface area (Å²) in [6.07, 6.45) is 3.51. The van der Waals surface area contributed by atoms with E-state index >= 15 is 0 Å². The molecule has 0 fully saturated rings. The van der Waals surface area contributed by atoms with Crippen molar-refractivity contribution in [3.8, 4) is 11.1 Å². The summed E-state index contributed by atoms with van der Waals surface area (Å²) in [5.41, 5.74) is 3.96. The zero-order chi connectivity index (χ0) is 14.3. The van der Waals surface area contributed by atoms with E-state index in [4.69, 9.17) is 0 Å². The van der Waals surface area contributed by atoms with Crippen molar-refractivity contribution in [1.82, 2.24) is 19.9 Å². The van der Waals surface area contributed by atoms with Gasteiger partial charge in [0.2, 0.25) is 0 Å². The van der Waals surface area contributed by atoms with Gasteiger partial charge in [0.15, 0.2) is 5.65 Å². The van der Waals surface area contributed by atoms with Crippen LogP contribution in [0.2, 0.25) is 0 Å². The monoisotopic (exact) mass is 268 g/mol. The fourth-order valence-corrected chi connectivity index (χ4v) is 2.29. The van der Waals surface area contributed by atoms with Crippen LogP contribution in [0.15, 0.2) is 35.4 Å². The van der Waals surface area contributed by atoms with E-state index in [0.717, 1.165) is 22.3 Å². The third kappa shape index (κ3) is 2.11. The van der Waals surface area contributed by atoms with Crippen molar-refractivity contribution in [3.05, 3.63) is 46.8 Å². The molecule has 3 aromatic heterocycles. The van der Waals surface area contributed by atoms with E-state index in [0.29, 0.717) is 5.65 Å². The fourth-order valence-electron chi connectivity index (χ4n) is 2.29. The zero-order valence-corrected chi connectivity index (χ0v) is 11.7. The molecule has 3 heterocycles. The van der Waals surface area contributed by atoms with Crippen molar-refractivity contribution in [3.63, 3.8) is 0 Å². The van der Waals surface area contributed by atoms with Crippen molar-refractivity contribution < 1.29 is 0 Å². The number of aromatic nitrogens is 4. The molecule has 0 bridgehead atoms. The lowest BCUT2D eigenvalue weighted by Crippen LogP contribution is -2.15. The van der Waals surface area contributed by atoms with Crippen molar-refractivity contribution in [1.29, 1.82) is 0 Å². The maximum Gasteiger partial charge on any atom is 0.325 e. The number of pyridine rings is 2. The molecule has 5 heteroatoms. The number of nitrogens with zero attached hydrogens (tertiary/aromatic N) is 2. The minimum Gasteiger partial charge on any atom is -0.304 e. The third-order valence-electron chi connectivity index (χ3n) is 3.20. The second-order valence-corrected chi connectivity index (χ2v) is 5.85. The first-order valence-electron chi connectivity index (χ1n) is 6.49. The predicted octanol–water partition coefficient (Wildman–Crippen LogP) is 2.61. The van der Waals surface area contributed by atoms with Crippen LogP contribution in [0.5, 0.6) is 0 Å². The minimum absolute atomic E-state index is 0.124. The van der Waals surface area contributed by atoms with Gasteiger partial charge in [0.25, 0.3) is 0 Å². The molecular weight excluding hydrogens is 252 g/mol. The first-order valence-corrected chi connectivity index (χ1v) is 6.49. The van der Waals surface area contributed by atoms with Crippen LogP contribution in [0.3, 0.4) is 0 Å². The van der Waals surface area contributed by atoms with Crippen LogP contribution in [0.4, 0.5) is 0 Å². The molecule has 0 atom stereocenters. The predicted molar refractivity (Wildman–Crippen MR) is 78.6 cm³/mol. The van der Waals surface area contributed by atoms with E-state index < -0.39 is 0 Å². The molecule has 102 valence electrons. The Hall–Kier alpha value is -2.43. The van der Waals surface area contributed by atoms with Gasteiger partial charge in [-0.1, -0.05) is 20.8 Å². The topological polar surface area (TPSA) is 74.4 Å². The molecule has 0 unspecified atom stereocenters. The summed E-state index contributed by atoms with van der Waals surface area (Å²) < 4.78 is 0. The Morgan fingerprint density at radius 2 is 1.80 bits per heavy atom. The van der Waals surface area contributed by atoms with Crippen LogP contribution in [-0.4, -0.2) is 19.9 Å². The summed E-state index contributed by atoms with van der Waals surface area (Å²) >= 11 is 0. The second kappa shape index (κ2) is 4.30. The number of hydrogen-bond donors (Lipinski definition) is 2. The van der Waals surface area contributed by atoms with Gasteiger partial charge in [0.05, 0.1) is 11.2 Å². The number of aromatic amines is 2. The van der Waals surface area contributed by atoms with E-state index in [1.54, 1.807) is 12.4 Å². The molecule has 3 rings (SSSR count). The van der Waals surface area contributed by atoms with E-state index in [1.807, 2.05) is 18.2 Å². The van der Waals surface area contributed by atoms with Gasteiger partial charge in [-0.05, 0) is 23.8 Å². The molecule has 0 amide bonds. The van der Waals surface area contributed by atoms with Crippen LogP contribution in [0.25, 0.3) is 22.3 Å². The number of fused-ring (bicyclic) bond motifs is 1. The third-order valence-corrected chi connectivity index (χ3v) is 3.20. The molecule has 2 N–H and O–H groups in total. The highest BCUT2D eigenvalue weighted by Gasteiger charge is 2.22. The number of rotatable bonds is 1. The average molecular weight is 268 g/mol. The van der Waals surface area contributed by atoms with Gasteiger partial charge >= 0.3 is 5.69 Å². The van der Waals surface area contributed by atoms with Crippen molar-refractivity contribution in [2.75, 3.05) is 0 Å². The molecule has 0 spiro atoms. The highest BCUT2D eigenvalue weighted by Crippen LogP contribution is 2.32. The maximum atomic E-state index is 11.4. The van der Waals surface area contributed by atoms with Gasteiger partial charge in [-0.15, -0.1) is 0 Å². The van der Waals surface area contributed by atoms with Crippen LogP contribution >= 0.6 is 0 Å². The molecule has 0 aliphatic carbocycles. The van der Waals surface area contributed by atoms with Crippen LogP contribution in [0.1, 0.15) is 26.5 Å². The minimum atomic E-state index is -0.237. The summed E-state index contributed by atoms with van der Waals surface area (Å²) in [6, 6.07) is 5.86. The Balaban J connectivity index is 2.36. The number of imidazole rings is 1. The van der Waals surface area contributed by atoms with Crippen molar-refractivity contribution in [2.45, 2.75) is 26.2 Å². The normalized spacial score (nSPS) is 11.9. The van der Waals surface area contributed by atoms with Gasteiger partial charge in [-0.3, -0.25) is 9.97 Å². The quantitative estimate of drug-likeness (QED) is 0.712. The highest BCUT2D eigenvalue weighted by atomic mass is 16.1. The lowest BCUT2D eigenvalue weighted by molar-refractivity contribution is 0.573. The van der Waals surface area contributed by atoms with Crippen LogP contribution < -0.4 is 5.69 Å². The fraction of sp³-hybridized carbons (Fsp3) is 0.267. The van der Waals surface area contributed by atoms with Gasteiger partial charge in [-0.25, -0.2) is 9.78 Å². The summed E-state index contributed by atoms with van der Waals surface area (Å²) in [4.78, 5) is 25.6. The van der Waals surface area contributed by atoms with Crippen LogP contribution in [-0.2, 0) is 5.41 Å². The molecule has 5 nitrogen and oxygen atoms in total. The Kier molecular flexibility index (Phi) is 2.71. The molecule has 20 heavy (non-hydrogen) atoms. The molecule has 0 radical (unpaired) electrons. The zero-order valence-electron chi connectivity index (χ0n) is 11.7. The SMILES string of the molecule is CC(C)(C)c1nc2[nH]c(=O)[nH]c2cc1-c1ccncc1. The van der Waals surface area contributed by atoms with Gasteiger partial charge in [-0.2, -0.15) is 0 Å². The summed E-state index contributed by atoms with van der Waals surface area (Å²) in [5.74, 6) is 0. The van der Waals surface area contributed by atoms with E-state index in [-0.39, 0.29) is 11.1 Å². The second-order valence-electron chi connectivity index (χ2n) is 5.85. The Labute approximate surface area is 116 Å².